The van der Waals surface area contributed by atoms with E-state index in [9.17, 15) is 13.8 Å². The maximum Gasteiger partial charge on any atom is 0.442 e. The number of nitrogens with zero attached hydrogens (tertiary/aromatic N) is 2. The summed E-state index contributed by atoms with van der Waals surface area (Å²) in [4.78, 5) is 29.5. The number of benzene rings is 2. The molecule has 0 radical (unpaired) electrons. The number of rotatable bonds is 6. The monoisotopic (exact) mass is 539 g/mol. The molecule has 1 atom stereocenters. The second-order valence-corrected chi connectivity index (χ2v) is 12.4. The molecule has 2 aromatic heterocycles. The number of halogens is 1. The van der Waals surface area contributed by atoms with Crippen LogP contribution in [0.2, 0.25) is 5.02 Å². The fourth-order valence-corrected chi connectivity index (χ4v) is 6.31. The van der Waals surface area contributed by atoms with Crippen LogP contribution in [-0.4, -0.2) is 33.0 Å². The van der Waals surface area contributed by atoms with Gasteiger partial charge >= 0.3 is 6.09 Å². The van der Waals surface area contributed by atoms with Gasteiger partial charge in [0.25, 0.3) is 5.91 Å². The molecule has 11 heteroatoms. The van der Waals surface area contributed by atoms with Gasteiger partial charge in [-0.05, 0) is 49.1 Å². The summed E-state index contributed by atoms with van der Waals surface area (Å²) in [6.45, 7) is 0.00533. The molecule has 2 aromatic carbocycles. The van der Waals surface area contributed by atoms with Crippen molar-refractivity contribution in [2.75, 3.05) is 6.26 Å². The summed E-state index contributed by atoms with van der Waals surface area (Å²) in [5.74, 6) is 0.228. The summed E-state index contributed by atoms with van der Waals surface area (Å²) >= 11 is 6.04. The van der Waals surface area contributed by atoms with Crippen molar-refractivity contribution < 1.29 is 27.4 Å². The van der Waals surface area contributed by atoms with Gasteiger partial charge in [0.15, 0.2) is 16.4 Å². The first kappa shape index (κ1) is 23.7. The average Bonchev–Trinajstić information content (AvgIpc) is 3.47. The van der Waals surface area contributed by atoms with Crippen LogP contribution in [0.25, 0.3) is 11.1 Å². The first-order valence-corrected chi connectivity index (χ1v) is 13.9. The number of furan rings is 1. The number of carbonyl (C=O) groups is 2. The van der Waals surface area contributed by atoms with Crippen molar-refractivity contribution in [1.82, 2.24) is 10.3 Å². The lowest BCUT2D eigenvalue weighted by molar-refractivity contribution is -0.0958. The Morgan fingerprint density at radius 1 is 1.11 bits per heavy atom. The van der Waals surface area contributed by atoms with Crippen LogP contribution in [0.15, 0.2) is 79.0 Å². The van der Waals surface area contributed by atoms with Crippen LogP contribution in [-0.2, 0) is 26.5 Å². The molecule has 2 heterocycles. The largest absolute Gasteiger partial charge is 0.443 e. The number of hydrogen-bond acceptors (Lipinski definition) is 7. The molecule has 7 rings (SSSR count). The Hall–Kier alpha value is -3.63. The van der Waals surface area contributed by atoms with Gasteiger partial charge in [-0.3, -0.25) is 4.79 Å². The normalized spacial score (nSPS) is 23.4. The number of oxazole rings is 1. The maximum atomic E-state index is 13.0. The molecular formula is C26H22ClN3O6S. The molecule has 190 valence electrons. The lowest BCUT2D eigenvalue weighted by Gasteiger charge is -2.68. The molecule has 2 bridgehead atoms. The molecule has 9 nitrogen and oxygen atoms in total. The van der Waals surface area contributed by atoms with E-state index >= 15 is 0 Å². The molecule has 0 aliphatic heterocycles. The minimum Gasteiger partial charge on any atom is -0.443 e. The molecule has 4 aromatic rings. The quantitative estimate of drug-likeness (QED) is 0.344. The molecule has 0 saturated heterocycles. The number of amides is 2. The SMILES string of the molecule is CS(=O)(=NC(=O)OCc1ccccc1)c1ccc(C(=O)NC23CC(c4nc5ccc(Cl)cc5o4)(C2)C3)o1. The molecule has 2 amide bonds. The first-order valence-electron chi connectivity index (χ1n) is 11.6. The van der Waals surface area contributed by atoms with Gasteiger partial charge in [0.05, 0.1) is 5.41 Å². The van der Waals surface area contributed by atoms with Crippen LogP contribution in [0.5, 0.6) is 0 Å². The Bertz CT molecular complexity index is 1650. The summed E-state index contributed by atoms with van der Waals surface area (Å²) in [7, 11) is -3.24. The highest BCUT2D eigenvalue weighted by atomic mass is 35.5. The Labute approximate surface area is 217 Å². The van der Waals surface area contributed by atoms with Crippen molar-refractivity contribution >= 4 is 44.4 Å². The molecule has 3 fully saturated rings. The van der Waals surface area contributed by atoms with E-state index in [2.05, 4.69) is 14.7 Å². The van der Waals surface area contributed by atoms with Crippen molar-refractivity contribution in [2.24, 2.45) is 4.36 Å². The number of nitrogens with one attached hydrogen (secondary N) is 1. The minimum atomic E-state index is -3.24. The van der Waals surface area contributed by atoms with Gasteiger partial charge in [-0.15, -0.1) is 4.36 Å². The van der Waals surface area contributed by atoms with Crippen LogP contribution in [0, 0.1) is 0 Å². The third-order valence-electron chi connectivity index (χ3n) is 6.85. The van der Waals surface area contributed by atoms with Crippen molar-refractivity contribution in [3.8, 4) is 0 Å². The van der Waals surface area contributed by atoms with Crippen molar-refractivity contribution in [2.45, 2.75) is 41.9 Å². The molecular weight excluding hydrogens is 518 g/mol. The van der Waals surface area contributed by atoms with E-state index < -0.39 is 21.7 Å². The predicted molar refractivity (Wildman–Crippen MR) is 135 cm³/mol. The van der Waals surface area contributed by atoms with E-state index in [-0.39, 0.29) is 28.4 Å². The zero-order chi connectivity index (χ0) is 25.8. The van der Waals surface area contributed by atoms with E-state index in [1.165, 1.54) is 18.4 Å². The second-order valence-electron chi connectivity index (χ2n) is 9.73. The molecule has 1 unspecified atom stereocenters. The summed E-state index contributed by atoms with van der Waals surface area (Å²) in [6.07, 6.45) is 2.39. The van der Waals surface area contributed by atoms with Gasteiger partial charge in [-0.25, -0.2) is 14.0 Å². The zero-order valence-electron chi connectivity index (χ0n) is 19.7. The highest BCUT2D eigenvalue weighted by molar-refractivity contribution is 7.93. The van der Waals surface area contributed by atoms with Gasteiger partial charge in [-0.2, -0.15) is 0 Å². The second kappa shape index (κ2) is 8.46. The highest BCUT2D eigenvalue weighted by Gasteiger charge is 2.71. The van der Waals surface area contributed by atoms with Crippen molar-refractivity contribution in [3.05, 3.63) is 82.9 Å². The first-order chi connectivity index (χ1) is 17.7. The summed E-state index contributed by atoms with van der Waals surface area (Å²) < 4.78 is 33.2. The zero-order valence-corrected chi connectivity index (χ0v) is 21.3. The fraction of sp³-hybridized carbons (Fsp3) is 0.269. The number of carbonyl (C=O) groups excluding carboxylic acids is 2. The van der Waals surface area contributed by atoms with Gasteiger partial charge < -0.3 is 18.9 Å². The van der Waals surface area contributed by atoms with Crippen molar-refractivity contribution in [1.29, 1.82) is 0 Å². The molecule has 37 heavy (non-hydrogen) atoms. The fourth-order valence-electron chi connectivity index (χ4n) is 5.15. The van der Waals surface area contributed by atoms with Crippen LogP contribution in [0.1, 0.15) is 41.3 Å². The van der Waals surface area contributed by atoms with E-state index in [0.29, 0.717) is 35.8 Å². The summed E-state index contributed by atoms with van der Waals surface area (Å²) in [5, 5.41) is 3.53. The highest BCUT2D eigenvalue weighted by Crippen LogP contribution is 2.67. The summed E-state index contributed by atoms with van der Waals surface area (Å²) in [6, 6.07) is 17.2. The van der Waals surface area contributed by atoms with Crippen LogP contribution in [0.3, 0.4) is 0 Å². The maximum absolute atomic E-state index is 13.0. The average molecular weight is 540 g/mol. The van der Waals surface area contributed by atoms with Crippen LogP contribution < -0.4 is 5.32 Å². The van der Waals surface area contributed by atoms with Gasteiger partial charge in [0.1, 0.15) is 21.9 Å². The Balaban J connectivity index is 1.08. The third kappa shape index (κ3) is 4.30. The van der Waals surface area contributed by atoms with Gasteiger partial charge in [0, 0.05) is 22.9 Å². The Kier molecular flexibility index (Phi) is 5.43. The third-order valence-corrected chi connectivity index (χ3v) is 8.54. The lowest BCUT2D eigenvalue weighted by Crippen LogP contribution is -2.76. The molecule has 0 spiro atoms. The Morgan fingerprint density at radius 3 is 2.62 bits per heavy atom. The van der Waals surface area contributed by atoms with Gasteiger partial charge in [0.2, 0.25) is 5.89 Å². The molecule has 3 aliphatic rings. The minimum absolute atomic E-state index is 0.00533. The van der Waals surface area contributed by atoms with E-state index in [4.69, 9.17) is 25.2 Å². The topological polar surface area (TPSA) is 124 Å². The number of aromatic nitrogens is 1. The van der Waals surface area contributed by atoms with Gasteiger partial charge in [-0.1, -0.05) is 41.9 Å². The van der Waals surface area contributed by atoms with E-state index in [0.717, 1.165) is 11.1 Å². The number of hydrogen-bond donors (Lipinski definition) is 1. The van der Waals surface area contributed by atoms with E-state index in [1.807, 2.05) is 24.3 Å². The standard InChI is InChI=1S/C26H22ClN3O6S/c1-37(33,30-24(32)34-12-16-5-3-2-4-6-16)21-10-9-19(35-21)22(31)29-26-13-25(14-26,15-26)23-28-18-8-7-17(27)11-20(18)36-23/h2-11H,12-15H2,1H3,(H,29,31). The Morgan fingerprint density at radius 2 is 1.86 bits per heavy atom. The van der Waals surface area contributed by atoms with Crippen LogP contribution >= 0.6 is 11.6 Å². The van der Waals surface area contributed by atoms with Crippen molar-refractivity contribution in [3.63, 3.8) is 0 Å². The molecule has 3 saturated carbocycles. The number of fused-ring (bicyclic) bond motifs is 1. The smallest absolute Gasteiger partial charge is 0.442 e. The molecule has 3 aliphatic carbocycles. The predicted octanol–water partition coefficient (Wildman–Crippen LogP) is 5.47. The number of ether oxygens (including phenoxy) is 1. The van der Waals surface area contributed by atoms with Crippen LogP contribution in [0.4, 0.5) is 4.79 Å². The summed E-state index contributed by atoms with van der Waals surface area (Å²) in [5.41, 5.74) is 1.63. The lowest BCUT2D eigenvalue weighted by atomic mass is 9.39. The molecule has 1 N–H and O–H groups in total. The van der Waals surface area contributed by atoms with E-state index in [1.54, 1.807) is 24.3 Å².